The van der Waals surface area contributed by atoms with Crippen LogP contribution in [0.25, 0.3) is 21.6 Å². The average molecular weight is 486 g/mol. The number of halogens is 4. The molecule has 0 unspecified atom stereocenters. The molecule has 0 radical (unpaired) electrons. The molecule has 4 aromatic rings. The Kier molecular flexibility index (Phi) is 6.35. The van der Waals surface area contributed by atoms with Crippen molar-refractivity contribution in [1.29, 1.82) is 0 Å². The highest BCUT2D eigenvalue weighted by atomic mass is 35.5. The maximum absolute atomic E-state index is 13.6. The molecule has 166 valence electrons. The molecule has 4 rings (SSSR count). The minimum Gasteiger partial charge on any atom is -0.309 e. The van der Waals surface area contributed by atoms with Crippen LogP contribution in [-0.4, -0.2) is 17.9 Å². The number of carbonyl (C=O) groups excluding carboxylic acids is 2. The lowest BCUT2D eigenvalue weighted by atomic mass is 9.93. The summed E-state index contributed by atoms with van der Waals surface area (Å²) >= 11 is 6.97. The highest BCUT2D eigenvalue weighted by molar-refractivity contribution is 7.20. The van der Waals surface area contributed by atoms with Crippen molar-refractivity contribution in [2.75, 3.05) is 5.32 Å². The molecule has 0 aliphatic carbocycles. The summed E-state index contributed by atoms with van der Waals surface area (Å²) in [6.45, 7) is 0. The summed E-state index contributed by atoms with van der Waals surface area (Å²) in [5.41, 5.74) is 1.94. The molecule has 0 spiro atoms. The molecule has 0 saturated heterocycles. The molecule has 0 aliphatic rings. The molecule has 33 heavy (non-hydrogen) atoms. The van der Waals surface area contributed by atoms with E-state index in [1.54, 1.807) is 66.7 Å². The van der Waals surface area contributed by atoms with Gasteiger partial charge in [-0.25, -0.2) is 0 Å². The monoisotopic (exact) mass is 485 g/mol. The van der Waals surface area contributed by atoms with Crippen molar-refractivity contribution in [3.63, 3.8) is 0 Å². The molecule has 8 heteroatoms. The molecule has 1 aromatic heterocycles. The zero-order valence-corrected chi connectivity index (χ0v) is 18.4. The van der Waals surface area contributed by atoms with Crippen molar-refractivity contribution in [2.45, 2.75) is 6.18 Å². The highest BCUT2D eigenvalue weighted by Crippen LogP contribution is 2.47. The predicted molar refractivity (Wildman–Crippen MR) is 125 cm³/mol. The second-order valence-corrected chi connectivity index (χ2v) is 8.49. The largest absolute Gasteiger partial charge is 0.471 e. The topological polar surface area (TPSA) is 46.2 Å². The van der Waals surface area contributed by atoms with Gasteiger partial charge in [-0.05, 0) is 23.3 Å². The van der Waals surface area contributed by atoms with Gasteiger partial charge in [-0.2, -0.15) is 13.2 Å². The third kappa shape index (κ3) is 4.84. The van der Waals surface area contributed by atoms with E-state index in [0.717, 1.165) is 11.3 Å². The maximum atomic E-state index is 13.6. The fraction of sp³-hybridized carbons (Fsp3) is 0.0400. The summed E-state index contributed by atoms with van der Waals surface area (Å²) in [5.74, 6) is -2.70. The van der Waals surface area contributed by atoms with Crippen LogP contribution in [0.4, 0.5) is 18.2 Å². The molecular weight excluding hydrogens is 471 g/mol. The summed E-state index contributed by atoms with van der Waals surface area (Å²) in [5, 5.41) is 2.04. The quantitative estimate of drug-likeness (QED) is 0.298. The number of nitrogens with one attached hydrogen (secondary N) is 1. The van der Waals surface area contributed by atoms with Crippen LogP contribution in [0, 0.1) is 0 Å². The molecule has 0 fully saturated rings. The fourth-order valence-corrected chi connectivity index (χ4v) is 4.77. The van der Waals surface area contributed by atoms with Crippen LogP contribution in [-0.2, 0) is 4.79 Å². The number of thiophene rings is 1. The van der Waals surface area contributed by atoms with Gasteiger partial charge in [0, 0.05) is 21.0 Å². The van der Waals surface area contributed by atoms with E-state index >= 15 is 0 Å². The number of hydrogen-bond donors (Lipinski definition) is 1. The number of anilines is 1. The average Bonchev–Trinajstić information content (AvgIpc) is 3.18. The second-order valence-electron chi connectivity index (χ2n) is 7.03. The Hall–Kier alpha value is -3.42. The van der Waals surface area contributed by atoms with Crippen molar-refractivity contribution in [3.8, 4) is 21.6 Å². The van der Waals surface area contributed by atoms with Gasteiger partial charge in [-0.15, -0.1) is 11.3 Å². The standard InChI is InChI=1S/C25H15ClF3NO2S/c26-18-13-7-12-17(14-18)21(31)20-19(15-8-3-1-4-9-15)22(16-10-5-2-6-11-16)33-23(20)30-24(32)25(27,28)29/h1-14H,(H,30,32). The molecule has 0 bridgehead atoms. The van der Waals surface area contributed by atoms with Crippen molar-refractivity contribution in [3.05, 3.63) is 101 Å². The molecule has 0 atom stereocenters. The van der Waals surface area contributed by atoms with Crippen LogP contribution in [0.3, 0.4) is 0 Å². The summed E-state index contributed by atoms with van der Waals surface area (Å²) in [4.78, 5) is 26.0. The molecule has 3 aromatic carbocycles. The summed E-state index contributed by atoms with van der Waals surface area (Å²) in [6, 6.07) is 24.0. The van der Waals surface area contributed by atoms with E-state index in [0.29, 0.717) is 26.6 Å². The number of hydrogen-bond acceptors (Lipinski definition) is 3. The summed E-state index contributed by atoms with van der Waals surface area (Å²) < 4.78 is 39.3. The van der Waals surface area contributed by atoms with E-state index in [-0.39, 0.29) is 16.1 Å². The van der Waals surface area contributed by atoms with Crippen molar-refractivity contribution < 1.29 is 22.8 Å². The van der Waals surface area contributed by atoms with Crippen molar-refractivity contribution in [1.82, 2.24) is 0 Å². The number of alkyl halides is 3. The van der Waals surface area contributed by atoms with Gasteiger partial charge >= 0.3 is 12.1 Å². The summed E-state index contributed by atoms with van der Waals surface area (Å²) in [6.07, 6.45) is -5.11. The van der Waals surface area contributed by atoms with Crippen LogP contribution >= 0.6 is 22.9 Å². The lowest BCUT2D eigenvalue weighted by molar-refractivity contribution is -0.167. The van der Waals surface area contributed by atoms with Gasteiger partial charge in [0.05, 0.1) is 5.56 Å². The maximum Gasteiger partial charge on any atom is 0.471 e. The Morgan fingerprint density at radius 2 is 1.42 bits per heavy atom. The first-order chi connectivity index (χ1) is 15.8. The van der Waals surface area contributed by atoms with Crippen LogP contribution in [0.1, 0.15) is 15.9 Å². The third-order valence-corrected chi connectivity index (χ3v) is 6.19. The number of ketones is 1. The van der Waals surface area contributed by atoms with Crippen LogP contribution in [0.2, 0.25) is 5.02 Å². The van der Waals surface area contributed by atoms with Crippen LogP contribution in [0.5, 0.6) is 0 Å². The molecule has 0 aliphatic heterocycles. The van der Waals surface area contributed by atoms with Gasteiger partial charge < -0.3 is 5.32 Å². The first-order valence-corrected chi connectivity index (χ1v) is 10.9. The number of carbonyl (C=O) groups is 2. The first-order valence-electron chi connectivity index (χ1n) is 9.72. The molecule has 3 nitrogen and oxygen atoms in total. The number of benzene rings is 3. The lowest BCUT2D eigenvalue weighted by Crippen LogP contribution is -2.30. The lowest BCUT2D eigenvalue weighted by Gasteiger charge is -2.11. The van der Waals surface area contributed by atoms with Crippen LogP contribution < -0.4 is 5.32 Å². The van der Waals surface area contributed by atoms with Gasteiger partial charge in [0.25, 0.3) is 0 Å². The van der Waals surface area contributed by atoms with E-state index in [1.165, 1.54) is 12.1 Å². The molecular formula is C25H15ClF3NO2S. The summed E-state index contributed by atoms with van der Waals surface area (Å²) in [7, 11) is 0. The van der Waals surface area contributed by atoms with Gasteiger partial charge in [0.1, 0.15) is 5.00 Å². The molecule has 1 amide bonds. The molecule has 1 heterocycles. The Bertz CT molecular complexity index is 1320. The van der Waals surface area contributed by atoms with Gasteiger partial charge in [0.2, 0.25) is 0 Å². The van der Waals surface area contributed by atoms with E-state index < -0.39 is 17.9 Å². The molecule has 0 saturated carbocycles. The zero-order valence-electron chi connectivity index (χ0n) is 16.8. The fourth-order valence-electron chi connectivity index (χ4n) is 3.36. The Morgan fingerprint density at radius 1 is 0.818 bits per heavy atom. The smallest absolute Gasteiger partial charge is 0.309 e. The minimum atomic E-state index is -5.11. The van der Waals surface area contributed by atoms with Crippen LogP contribution in [0.15, 0.2) is 84.9 Å². The SMILES string of the molecule is O=C(c1cccc(Cl)c1)c1c(NC(=O)C(F)(F)F)sc(-c2ccccc2)c1-c1ccccc1. The van der Waals surface area contributed by atoms with E-state index in [2.05, 4.69) is 0 Å². The minimum absolute atomic E-state index is 0.0232. The van der Waals surface area contributed by atoms with E-state index in [9.17, 15) is 22.8 Å². The second kappa shape index (κ2) is 9.21. The highest BCUT2D eigenvalue weighted by Gasteiger charge is 2.40. The number of rotatable bonds is 5. The Labute approximate surface area is 196 Å². The predicted octanol–water partition coefficient (Wildman–Crippen LogP) is 7.47. The Morgan fingerprint density at radius 3 is 2.00 bits per heavy atom. The van der Waals surface area contributed by atoms with Gasteiger partial charge in [-0.3, -0.25) is 9.59 Å². The van der Waals surface area contributed by atoms with Gasteiger partial charge in [0.15, 0.2) is 5.78 Å². The van der Waals surface area contributed by atoms with E-state index in [4.69, 9.17) is 11.6 Å². The number of amides is 1. The third-order valence-electron chi connectivity index (χ3n) is 4.81. The first kappa shape index (κ1) is 22.8. The van der Waals surface area contributed by atoms with E-state index in [1.807, 2.05) is 11.4 Å². The normalized spacial score (nSPS) is 11.3. The zero-order chi connectivity index (χ0) is 23.6. The Balaban J connectivity index is 2.01. The molecule has 1 N–H and O–H groups in total. The van der Waals surface area contributed by atoms with Gasteiger partial charge in [-0.1, -0.05) is 84.4 Å². The van der Waals surface area contributed by atoms with Crippen molar-refractivity contribution >= 4 is 39.6 Å². The van der Waals surface area contributed by atoms with Crippen molar-refractivity contribution in [2.24, 2.45) is 0 Å².